The molecule has 9 heteroatoms. The normalized spacial score (nSPS) is 27.2. The summed E-state index contributed by atoms with van der Waals surface area (Å²) in [5.74, 6) is -2.68. The van der Waals surface area contributed by atoms with E-state index in [4.69, 9.17) is 5.11 Å². The molecule has 0 aromatic heterocycles. The van der Waals surface area contributed by atoms with Crippen LogP contribution in [0.25, 0.3) is 0 Å². The van der Waals surface area contributed by atoms with Gasteiger partial charge in [0.1, 0.15) is 12.1 Å². The number of nitrogens with one attached hydrogen (secondary N) is 2. The largest absolute Gasteiger partial charge is 0.479 e. The van der Waals surface area contributed by atoms with Gasteiger partial charge in [-0.25, -0.2) is 4.79 Å². The summed E-state index contributed by atoms with van der Waals surface area (Å²) in [5.41, 5.74) is -0.691. The highest BCUT2D eigenvalue weighted by Gasteiger charge is 2.69. The molecule has 31 heavy (non-hydrogen) atoms. The standard InChI is InChI=1S/C22H37N3O6/c1-10(2)17(27)24-16(21(4,5)6)19(29)25-9-12-13(22(12,7)8)14(25)18(28)23-11(3)15(26)20(30)31/h10-16,26H,9H2,1-8H3,(H,23,28)(H,24,27)(H,30,31)/t11?,12-,13-,14-,15?,16+/m0/s1. The van der Waals surface area contributed by atoms with Crippen LogP contribution in [-0.2, 0) is 19.2 Å². The number of carboxylic acid groups (broad SMARTS) is 1. The second-order valence-electron chi connectivity index (χ2n) is 10.9. The Hall–Kier alpha value is -2.16. The first kappa shape index (κ1) is 25.1. The van der Waals surface area contributed by atoms with Crippen molar-refractivity contribution in [2.75, 3.05) is 6.54 Å². The van der Waals surface area contributed by atoms with Gasteiger partial charge in [-0.1, -0.05) is 48.5 Å². The molecule has 0 spiro atoms. The molecular formula is C22H37N3O6. The summed E-state index contributed by atoms with van der Waals surface area (Å²) in [7, 11) is 0. The van der Waals surface area contributed by atoms with Gasteiger partial charge in [-0.15, -0.1) is 0 Å². The van der Waals surface area contributed by atoms with E-state index >= 15 is 0 Å². The third-order valence-electron chi connectivity index (χ3n) is 6.78. The molecule has 1 heterocycles. The first-order valence-electron chi connectivity index (χ1n) is 10.8. The maximum absolute atomic E-state index is 13.6. The first-order valence-corrected chi connectivity index (χ1v) is 10.8. The number of hydrogen-bond donors (Lipinski definition) is 4. The SMILES string of the molecule is CC(C)C(=O)N[C@H](C(=O)N1C[C@H]2[C@@H]([C@H]1C(=O)NC(C)C(O)C(=O)O)C2(C)C)C(C)(C)C. The molecule has 0 bridgehead atoms. The van der Waals surface area contributed by atoms with Crippen LogP contribution in [0.1, 0.15) is 55.4 Å². The third kappa shape index (κ3) is 4.86. The van der Waals surface area contributed by atoms with Gasteiger partial charge in [0.05, 0.1) is 6.04 Å². The Morgan fingerprint density at radius 2 is 1.61 bits per heavy atom. The lowest BCUT2D eigenvalue weighted by molar-refractivity contribution is -0.150. The number of carbonyl (C=O) groups excluding carboxylic acids is 3. The fourth-order valence-corrected chi connectivity index (χ4v) is 4.54. The van der Waals surface area contributed by atoms with Crippen LogP contribution in [-0.4, -0.2) is 69.6 Å². The number of likely N-dealkylation sites (tertiary alicyclic amines) is 1. The molecule has 0 radical (unpaired) electrons. The zero-order valence-electron chi connectivity index (χ0n) is 19.7. The number of aliphatic hydroxyl groups excluding tert-OH is 1. The van der Waals surface area contributed by atoms with E-state index in [9.17, 15) is 24.3 Å². The number of rotatable bonds is 7. The highest BCUT2D eigenvalue weighted by molar-refractivity contribution is 5.94. The van der Waals surface area contributed by atoms with Crippen LogP contribution in [0.5, 0.6) is 0 Å². The van der Waals surface area contributed by atoms with Crippen molar-refractivity contribution in [3.8, 4) is 0 Å². The summed E-state index contributed by atoms with van der Waals surface area (Å²) in [6, 6.07) is -2.60. The summed E-state index contributed by atoms with van der Waals surface area (Å²) in [4.78, 5) is 51.6. The van der Waals surface area contributed by atoms with Gasteiger partial charge in [0.2, 0.25) is 17.7 Å². The molecule has 2 aliphatic rings. The third-order valence-corrected chi connectivity index (χ3v) is 6.78. The zero-order chi connectivity index (χ0) is 24.0. The number of amides is 3. The minimum absolute atomic E-state index is 0.0629. The maximum atomic E-state index is 13.6. The average Bonchev–Trinajstić information content (AvgIpc) is 2.99. The van der Waals surface area contributed by atoms with Crippen molar-refractivity contribution in [3.05, 3.63) is 0 Å². The molecule has 1 saturated carbocycles. The number of nitrogens with zero attached hydrogens (tertiary/aromatic N) is 1. The van der Waals surface area contributed by atoms with Gasteiger partial charge in [0, 0.05) is 12.5 Å². The minimum Gasteiger partial charge on any atom is -0.479 e. The maximum Gasteiger partial charge on any atom is 0.334 e. The quantitative estimate of drug-likeness (QED) is 0.459. The first-order chi connectivity index (χ1) is 14.0. The average molecular weight is 440 g/mol. The Bertz CT molecular complexity index is 757. The highest BCUT2D eigenvalue weighted by atomic mass is 16.4. The van der Waals surface area contributed by atoms with E-state index in [1.807, 2.05) is 34.6 Å². The Kier molecular flexibility index (Phi) is 6.81. The summed E-state index contributed by atoms with van der Waals surface area (Å²) in [5, 5.41) is 24.1. The predicted molar refractivity (Wildman–Crippen MR) is 114 cm³/mol. The lowest BCUT2D eigenvalue weighted by Gasteiger charge is -2.38. The van der Waals surface area contributed by atoms with Crippen LogP contribution in [0.15, 0.2) is 0 Å². The van der Waals surface area contributed by atoms with Crippen molar-refractivity contribution in [3.63, 3.8) is 0 Å². The monoisotopic (exact) mass is 439 g/mol. The van der Waals surface area contributed by atoms with E-state index in [0.29, 0.717) is 6.54 Å². The van der Waals surface area contributed by atoms with E-state index in [1.54, 1.807) is 13.8 Å². The van der Waals surface area contributed by atoms with Crippen molar-refractivity contribution in [2.24, 2.45) is 28.6 Å². The molecule has 2 rings (SSSR count). The van der Waals surface area contributed by atoms with Crippen molar-refractivity contribution < 1.29 is 29.4 Å². The molecule has 2 fully saturated rings. The lowest BCUT2D eigenvalue weighted by Crippen LogP contribution is -2.60. The van der Waals surface area contributed by atoms with Crippen LogP contribution in [0, 0.1) is 28.6 Å². The molecule has 9 nitrogen and oxygen atoms in total. The van der Waals surface area contributed by atoms with Crippen LogP contribution >= 0.6 is 0 Å². The number of hydrogen-bond acceptors (Lipinski definition) is 5. The van der Waals surface area contributed by atoms with E-state index in [0.717, 1.165) is 0 Å². The van der Waals surface area contributed by atoms with Gasteiger partial charge >= 0.3 is 5.97 Å². The predicted octanol–water partition coefficient (Wildman–Crippen LogP) is 0.607. The van der Waals surface area contributed by atoms with Gasteiger partial charge in [-0.05, 0) is 29.6 Å². The van der Waals surface area contributed by atoms with Crippen molar-refractivity contribution in [2.45, 2.75) is 79.6 Å². The fraction of sp³-hybridized carbons (Fsp3) is 0.818. The Morgan fingerprint density at radius 1 is 1.06 bits per heavy atom. The number of carbonyl (C=O) groups is 4. The summed E-state index contributed by atoms with van der Waals surface area (Å²) in [6.07, 6.45) is -1.75. The second-order valence-corrected chi connectivity index (χ2v) is 10.9. The van der Waals surface area contributed by atoms with Crippen LogP contribution in [0.3, 0.4) is 0 Å². The lowest BCUT2D eigenvalue weighted by atomic mass is 9.84. The van der Waals surface area contributed by atoms with Crippen LogP contribution in [0.2, 0.25) is 0 Å². The van der Waals surface area contributed by atoms with Crippen LogP contribution in [0.4, 0.5) is 0 Å². The van der Waals surface area contributed by atoms with E-state index < -0.39 is 41.5 Å². The summed E-state index contributed by atoms with van der Waals surface area (Å²) >= 11 is 0. The molecule has 0 aromatic carbocycles. The topological polar surface area (TPSA) is 136 Å². The molecular weight excluding hydrogens is 402 g/mol. The number of aliphatic hydroxyl groups is 1. The number of fused-ring (bicyclic) bond motifs is 1. The van der Waals surface area contributed by atoms with Crippen molar-refractivity contribution >= 4 is 23.7 Å². The van der Waals surface area contributed by atoms with Gasteiger partial charge in [-0.2, -0.15) is 0 Å². The molecule has 1 aliphatic heterocycles. The minimum atomic E-state index is -1.75. The Morgan fingerprint density at radius 3 is 2.06 bits per heavy atom. The van der Waals surface area contributed by atoms with E-state index in [2.05, 4.69) is 10.6 Å². The van der Waals surface area contributed by atoms with Gasteiger partial charge in [0.15, 0.2) is 6.10 Å². The Labute approximate surface area is 183 Å². The number of aliphatic carboxylic acids is 1. The molecule has 2 unspecified atom stereocenters. The highest BCUT2D eigenvalue weighted by Crippen LogP contribution is 2.65. The molecule has 176 valence electrons. The van der Waals surface area contributed by atoms with Gasteiger partial charge < -0.3 is 25.7 Å². The molecule has 1 saturated heterocycles. The second kappa shape index (κ2) is 8.41. The molecule has 4 N–H and O–H groups in total. The molecule has 0 aromatic rings. The van der Waals surface area contributed by atoms with E-state index in [1.165, 1.54) is 11.8 Å². The van der Waals surface area contributed by atoms with E-state index in [-0.39, 0.29) is 35.0 Å². The van der Waals surface area contributed by atoms with Crippen molar-refractivity contribution in [1.82, 2.24) is 15.5 Å². The molecule has 1 aliphatic carbocycles. The van der Waals surface area contributed by atoms with Crippen molar-refractivity contribution in [1.29, 1.82) is 0 Å². The fourth-order valence-electron chi connectivity index (χ4n) is 4.54. The van der Waals surface area contributed by atoms with Crippen LogP contribution < -0.4 is 10.6 Å². The van der Waals surface area contributed by atoms with Gasteiger partial charge in [0.25, 0.3) is 0 Å². The zero-order valence-corrected chi connectivity index (χ0v) is 19.7. The smallest absolute Gasteiger partial charge is 0.334 e. The van der Waals surface area contributed by atoms with Gasteiger partial charge in [-0.3, -0.25) is 14.4 Å². The number of piperidine rings is 1. The Balaban J connectivity index is 2.28. The summed E-state index contributed by atoms with van der Waals surface area (Å²) in [6.45, 7) is 15.0. The summed E-state index contributed by atoms with van der Waals surface area (Å²) < 4.78 is 0. The molecule has 6 atom stereocenters. The number of carboxylic acids is 1. The molecule has 3 amide bonds.